The molecule has 4 rings (SSSR count). The van der Waals surface area contributed by atoms with Crippen LogP contribution in [-0.4, -0.2) is 26.4 Å². The van der Waals surface area contributed by atoms with Gasteiger partial charge in [-0.25, -0.2) is 4.79 Å². The van der Waals surface area contributed by atoms with Gasteiger partial charge >= 0.3 is 6.09 Å². The number of benzene rings is 3. The first-order valence-electron chi connectivity index (χ1n) is 10.3. The molecule has 3 aromatic rings. The summed E-state index contributed by atoms with van der Waals surface area (Å²) in [5, 5.41) is 2.72. The number of carbonyl (C=O) groups is 1. The molecule has 0 heterocycles. The van der Waals surface area contributed by atoms with E-state index in [1.165, 1.54) is 22.3 Å². The Hall–Kier alpha value is -3.71. The van der Waals surface area contributed by atoms with Crippen LogP contribution < -0.4 is 10.1 Å². The number of methoxy groups -OCH3 is 1. The second-order valence-corrected chi connectivity index (χ2v) is 7.62. The Kier molecular flexibility index (Phi) is 5.95. The van der Waals surface area contributed by atoms with E-state index >= 15 is 0 Å². The number of hydrogen-bond donors (Lipinski definition) is 1. The van der Waals surface area contributed by atoms with Crippen molar-refractivity contribution in [2.45, 2.75) is 19.8 Å². The summed E-state index contributed by atoms with van der Waals surface area (Å²) in [6.07, 6.45) is -0.460. The maximum Gasteiger partial charge on any atom is 0.407 e. The molecule has 0 spiro atoms. The van der Waals surface area contributed by atoms with E-state index in [-0.39, 0.29) is 12.5 Å². The van der Waals surface area contributed by atoms with Crippen molar-refractivity contribution in [1.29, 1.82) is 0 Å². The second kappa shape index (κ2) is 8.97. The van der Waals surface area contributed by atoms with E-state index in [9.17, 15) is 4.79 Å². The van der Waals surface area contributed by atoms with Crippen LogP contribution in [0.2, 0.25) is 0 Å². The van der Waals surface area contributed by atoms with Crippen molar-refractivity contribution >= 4 is 6.09 Å². The maximum atomic E-state index is 12.2. The Morgan fingerprint density at radius 1 is 0.968 bits per heavy atom. The molecule has 4 heteroatoms. The number of rotatable bonds is 4. The average molecular weight is 412 g/mol. The zero-order chi connectivity index (χ0) is 21.8. The molecule has 1 aliphatic carbocycles. The van der Waals surface area contributed by atoms with Crippen LogP contribution in [0.25, 0.3) is 11.1 Å². The Morgan fingerprint density at radius 2 is 1.55 bits per heavy atom. The maximum absolute atomic E-state index is 12.2. The molecule has 0 atom stereocenters. The molecule has 1 N–H and O–H groups in total. The lowest BCUT2D eigenvalue weighted by Crippen LogP contribution is -2.26. The summed E-state index contributed by atoms with van der Waals surface area (Å²) < 4.78 is 10.9. The number of amides is 1. The summed E-state index contributed by atoms with van der Waals surface area (Å²) in [4.78, 5) is 12.2. The molecule has 0 saturated heterocycles. The fraction of sp³-hybridized carbons (Fsp3) is 0.222. The van der Waals surface area contributed by atoms with Crippen molar-refractivity contribution in [2.75, 3.05) is 20.3 Å². The van der Waals surface area contributed by atoms with E-state index in [0.717, 1.165) is 22.4 Å². The van der Waals surface area contributed by atoms with Gasteiger partial charge in [0, 0.05) is 11.5 Å². The zero-order valence-electron chi connectivity index (χ0n) is 18.0. The third-order valence-corrected chi connectivity index (χ3v) is 5.56. The van der Waals surface area contributed by atoms with Crippen molar-refractivity contribution in [3.63, 3.8) is 0 Å². The van der Waals surface area contributed by atoms with Crippen molar-refractivity contribution < 1.29 is 14.3 Å². The molecule has 156 valence electrons. The molecular weight excluding hydrogens is 386 g/mol. The molecule has 3 aromatic carbocycles. The minimum Gasteiger partial charge on any atom is -0.496 e. The predicted molar refractivity (Wildman–Crippen MR) is 122 cm³/mol. The lowest BCUT2D eigenvalue weighted by atomic mass is 9.98. The van der Waals surface area contributed by atoms with E-state index in [1.54, 1.807) is 7.11 Å². The Morgan fingerprint density at radius 3 is 2.13 bits per heavy atom. The summed E-state index contributed by atoms with van der Waals surface area (Å²) in [6.45, 7) is 4.50. The van der Waals surface area contributed by atoms with Gasteiger partial charge in [0.05, 0.1) is 13.7 Å². The number of hydrogen-bond acceptors (Lipinski definition) is 3. The molecule has 0 aromatic heterocycles. The molecule has 0 saturated carbocycles. The third kappa shape index (κ3) is 4.27. The van der Waals surface area contributed by atoms with Crippen molar-refractivity contribution in [3.8, 4) is 28.7 Å². The van der Waals surface area contributed by atoms with E-state index < -0.39 is 6.09 Å². The summed E-state index contributed by atoms with van der Waals surface area (Å²) in [5.74, 6) is 6.99. The molecule has 31 heavy (non-hydrogen) atoms. The number of ether oxygens (including phenoxy) is 2. The van der Waals surface area contributed by atoms with Crippen molar-refractivity contribution in [1.82, 2.24) is 5.32 Å². The predicted octanol–water partition coefficient (Wildman–Crippen LogP) is 5.20. The van der Waals surface area contributed by atoms with Gasteiger partial charge in [0.1, 0.15) is 12.4 Å². The highest BCUT2D eigenvalue weighted by atomic mass is 16.5. The van der Waals surface area contributed by atoms with E-state index in [2.05, 4.69) is 41.4 Å². The monoisotopic (exact) mass is 411 g/mol. The highest BCUT2D eigenvalue weighted by molar-refractivity contribution is 5.79. The van der Waals surface area contributed by atoms with Crippen molar-refractivity contribution in [3.05, 3.63) is 88.5 Å². The highest BCUT2D eigenvalue weighted by Gasteiger charge is 2.28. The van der Waals surface area contributed by atoms with Crippen LogP contribution >= 0.6 is 0 Å². The van der Waals surface area contributed by atoms with Crippen LogP contribution in [-0.2, 0) is 4.74 Å². The summed E-state index contributed by atoms with van der Waals surface area (Å²) in [5.41, 5.74) is 7.78. The fourth-order valence-corrected chi connectivity index (χ4v) is 4.26. The number of nitrogens with one attached hydrogen (secondary N) is 1. The van der Waals surface area contributed by atoms with E-state index in [0.29, 0.717) is 6.61 Å². The first-order valence-corrected chi connectivity index (χ1v) is 10.3. The first-order chi connectivity index (χ1) is 15.1. The molecule has 0 fully saturated rings. The summed E-state index contributed by atoms with van der Waals surface area (Å²) >= 11 is 0. The zero-order valence-corrected chi connectivity index (χ0v) is 18.0. The normalized spacial score (nSPS) is 11.7. The summed E-state index contributed by atoms with van der Waals surface area (Å²) in [6, 6.07) is 20.5. The van der Waals surface area contributed by atoms with E-state index in [1.807, 2.05) is 50.2 Å². The number of aryl methyl sites for hydroxylation is 2. The van der Waals surface area contributed by atoms with Gasteiger partial charge in [-0.1, -0.05) is 60.4 Å². The van der Waals surface area contributed by atoms with Gasteiger partial charge in [-0.05, 0) is 59.4 Å². The highest BCUT2D eigenvalue weighted by Crippen LogP contribution is 2.44. The number of alkyl carbamates (subject to hydrolysis) is 1. The molecule has 0 radical (unpaired) electrons. The average Bonchev–Trinajstić information content (AvgIpc) is 3.09. The number of fused-ring (bicyclic) bond motifs is 3. The molecule has 1 amide bonds. The van der Waals surface area contributed by atoms with Gasteiger partial charge in [0.2, 0.25) is 0 Å². The lowest BCUT2D eigenvalue weighted by molar-refractivity contribution is 0.144. The molecule has 0 bridgehead atoms. The van der Waals surface area contributed by atoms with Crippen LogP contribution in [0.1, 0.15) is 33.7 Å². The Balaban J connectivity index is 1.35. The first kappa shape index (κ1) is 20.6. The van der Waals surface area contributed by atoms with Gasteiger partial charge in [-0.15, -0.1) is 0 Å². The fourth-order valence-electron chi connectivity index (χ4n) is 4.26. The lowest BCUT2D eigenvalue weighted by Gasteiger charge is -2.14. The molecule has 0 unspecified atom stereocenters. The molecule has 4 nitrogen and oxygen atoms in total. The molecular formula is C27H25NO3. The molecule has 0 aliphatic heterocycles. The SMILES string of the molecule is COc1c(C)cc(C#CCNC(=O)OCC2c3ccccc3-c3ccccc32)cc1C. The van der Waals surface area contributed by atoms with Crippen LogP contribution in [0.15, 0.2) is 60.7 Å². The smallest absolute Gasteiger partial charge is 0.407 e. The minimum atomic E-state index is -0.460. The van der Waals surface area contributed by atoms with Gasteiger partial charge in [0.15, 0.2) is 0 Å². The summed E-state index contributed by atoms with van der Waals surface area (Å²) in [7, 11) is 1.67. The van der Waals surface area contributed by atoms with Gasteiger partial charge in [-0.2, -0.15) is 0 Å². The second-order valence-electron chi connectivity index (χ2n) is 7.62. The standard InChI is InChI=1S/C27H25NO3/c1-18-15-20(16-19(2)26(18)30-3)9-8-14-28-27(29)31-17-25-23-12-6-4-10-21(23)22-11-5-7-13-24(22)25/h4-7,10-13,15-16,25H,14,17H2,1-3H3,(H,28,29). The molecule has 1 aliphatic rings. The largest absolute Gasteiger partial charge is 0.496 e. The van der Waals surface area contributed by atoms with Gasteiger partial charge in [0.25, 0.3) is 0 Å². The van der Waals surface area contributed by atoms with E-state index in [4.69, 9.17) is 9.47 Å². The minimum absolute atomic E-state index is 0.0504. The van der Waals surface area contributed by atoms with Crippen molar-refractivity contribution in [2.24, 2.45) is 0 Å². The van der Waals surface area contributed by atoms with Crippen LogP contribution in [0.4, 0.5) is 4.79 Å². The van der Waals surface area contributed by atoms with Crippen LogP contribution in [0, 0.1) is 25.7 Å². The van der Waals surface area contributed by atoms with Crippen LogP contribution in [0.3, 0.4) is 0 Å². The Bertz CT molecular complexity index is 1120. The van der Waals surface area contributed by atoms with Gasteiger partial charge in [-0.3, -0.25) is 0 Å². The third-order valence-electron chi connectivity index (χ3n) is 5.56. The quantitative estimate of drug-likeness (QED) is 0.600. The van der Waals surface area contributed by atoms with Crippen LogP contribution in [0.5, 0.6) is 5.75 Å². The number of carbonyl (C=O) groups excluding carboxylic acids is 1. The Labute approximate surface area is 183 Å². The van der Waals surface area contributed by atoms with Gasteiger partial charge < -0.3 is 14.8 Å². The topological polar surface area (TPSA) is 47.6 Å².